The minimum Gasteiger partial charge on any atom is -0.480 e. The Morgan fingerprint density at radius 3 is 2.85 bits per heavy atom. The molecular weight excluding hydrogens is 276 g/mol. The minimum atomic E-state index is -0.832. The number of rotatable bonds is 6. The van der Waals surface area contributed by atoms with Gasteiger partial charge in [0, 0.05) is 9.75 Å². The summed E-state index contributed by atoms with van der Waals surface area (Å²) in [6, 6.07) is 3.60. The summed E-state index contributed by atoms with van der Waals surface area (Å²) in [4.78, 5) is 27.1. The maximum atomic E-state index is 11.9. The van der Waals surface area contributed by atoms with Crippen LogP contribution in [0.2, 0.25) is 0 Å². The third kappa shape index (κ3) is 3.80. The van der Waals surface area contributed by atoms with Crippen molar-refractivity contribution in [3.8, 4) is 0 Å². The zero-order chi connectivity index (χ0) is 14.5. The lowest BCUT2D eigenvalue weighted by Gasteiger charge is -2.20. The number of nitrogens with zero attached hydrogens (tertiary/aromatic N) is 1. The highest BCUT2D eigenvalue weighted by molar-refractivity contribution is 7.11. The van der Waals surface area contributed by atoms with E-state index in [1.165, 1.54) is 4.88 Å². The van der Waals surface area contributed by atoms with Crippen LogP contribution in [0.25, 0.3) is 0 Å². The quantitative estimate of drug-likeness (QED) is 0.834. The van der Waals surface area contributed by atoms with Gasteiger partial charge in [-0.25, -0.2) is 0 Å². The molecule has 5 nitrogen and oxygen atoms in total. The second kappa shape index (κ2) is 6.85. The molecule has 2 rings (SSSR count). The summed E-state index contributed by atoms with van der Waals surface area (Å²) in [6.45, 7) is 3.48. The molecule has 0 unspecified atom stereocenters. The maximum absolute atomic E-state index is 11.9. The van der Waals surface area contributed by atoms with Crippen molar-refractivity contribution < 1.29 is 14.7 Å². The van der Waals surface area contributed by atoms with Gasteiger partial charge in [0.15, 0.2) is 0 Å². The van der Waals surface area contributed by atoms with Crippen LogP contribution in [0.3, 0.4) is 0 Å². The van der Waals surface area contributed by atoms with E-state index >= 15 is 0 Å². The molecule has 0 aliphatic carbocycles. The van der Waals surface area contributed by atoms with E-state index in [4.69, 9.17) is 5.11 Å². The minimum absolute atomic E-state index is 0.107. The first-order valence-electron chi connectivity index (χ1n) is 6.91. The lowest BCUT2D eigenvalue weighted by Crippen LogP contribution is -2.42. The molecule has 0 bridgehead atoms. The van der Waals surface area contributed by atoms with Gasteiger partial charge < -0.3 is 10.4 Å². The van der Waals surface area contributed by atoms with E-state index in [9.17, 15) is 9.59 Å². The fourth-order valence-corrected chi connectivity index (χ4v) is 3.33. The molecule has 6 heteroatoms. The Bertz CT molecular complexity index is 487. The number of nitrogens with one attached hydrogen (secondary N) is 1. The number of carboxylic acids is 1. The molecule has 2 N–H and O–H groups in total. The molecule has 1 aromatic rings. The van der Waals surface area contributed by atoms with Crippen LogP contribution in [-0.4, -0.2) is 41.0 Å². The van der Waals surface area contributed by atoms with Gasteiger partial charge in [-0.3, -0.25) is 14.5 Å². The third-order valence-corrected chi connectivity index (χ3v) is 4.75. The number of aliphatic carboxylic acids is 1. The molecule has 1 aliphatic rings. The Labute approximate surface area is 122 Å². The topological polar surface area (TPSA) is 69.6 Å². The SMILES string of the molecule is CCc1ccc(CNC(=O)CN2CCC[C@@H]2C(=O)O)s1. The molecular formula is C14H20N2O3S. The van der Waals surface area contributed by atoms with Crippen LogP contribution in [0.1, 0.15) is 29.5 Å². The van der Waals surface area contributed by atoms with Crippen LogP contribution >= 0.6 is 11.3 Å². The monoisotopic (exact) mass is 296 g/mol. The Morgan fingerprint density at radius 1 is 1.45 bits per heavy atom. The largest absolute Gasteiger partial charge is 0.480 e. The molecule has 1 fully saturated rings. The van der Waals surface area contributed by atoms with Crippen molar-refractivity contribution in [2.24, 2.45) is 0 Å². The Hall–Kier alpha value is -1.40. The summed E-state index contributed by atoms with van der Waals surface area (Å²) >= 11 is 1.70. The van der Waals surface area contributed by atoms with E-state index < -0.39 is 12.0 Å². The molecule has 1 amide bonds. The van der Waals surface area contributed by atoms with Crippen LogP contribution in [0, 0.1) is 0 Å². The van der Waals surface area contributed by atoms with Gasteiger partial charge in [0.2, 0.25) is 5.91 Å². The van der Waals surface area contributed by atoms with Gasteiger partial charge in [-0.05, 0) is 37.9 Å². The van der Waals surface area contributed by atoms with Crippen LogP contribution in [0.4, 0.5) is 0 Å². The Kier molecular flexibility index (Phi) is 5.14. The smallest absolute Gasteiger partial charge is 0.320 e. The maximum Gasteiger partial charge on any atom is 0.320 e. The summed E-state index contributed by atoms with van der Waals surface area (Å²) in [6.07, 6.45) is 2.48. The molecule has 1 atom stereocenters. The van der Waals surface area contributed by atoms with E-state index in [1.54, 1.807) is 16.2 Å². The summed E-state index contributed by atoms with van der Waals surface area (Å²) in [7, 11) is 0. The van der Waals surface area contributed by atoms with Gasteiger partial charge >= 0.3 is 5.97 Å². The number of thiophene rings is 1. The predicted molar refractivity (Wildman–Crippen MR) is 77.8 cm³/mol. The molecule has 2 heterocycles. The zero-order valence-corrected chi connectivity index (χ0v) is 12.4. The summed E-state index contributed by atoms with van der Waals surface area (Å²) in [5, 5.41) is 11.9. The second-order valence-electron chi connectivity index (χ2n) is 4.97. The third-order valence-electron chi connectivity index (χ3n) is 3.52. The molecule has 1 aliphatic heterocycles. The van der Waals surface area contributed by atoms with Gasteiger partial charge in [0.1, 0.15) is 6.04 Å². The van der Waals surface area contributed by atoms with E-state index in [0.29, 0.717) is 19.5 Å². The molecule has 20 heavy (non-hydrogen) atoms. The number of carbonyl (C=O) groups is 2. The average Bonchev–Trinajstić information content (AvgIpc) is 3.04. The first kappa shape index (κ1) is 15.0. The summed E-state index contributed by atoms with van der Waals surface area (Å²) in [5.74, 6) is -0.939. The van der Waals surface area contributed by atoms with Crippen LogP contribution in [-0.2, 0) is 22.6 Å². The van der Waals surface area contributed by atoms with Crippen molar-refractivity contribution in [2.45, 2.75) is 38.8 Å². The molecule has 0 saturated carbocycles. The van der Waals surface area contributed by atoms with Gasteiger partial charge in [0.25, 0.3) is 0 Å². The number of amides is 1. The molecule has 0 radical (unpaired) electrons. The van der Waals surface area contributed by atoms with Gasteiger partial charge in [0.05, 0.1) is 13.1 Å². The van der Waals surface area contributed by atoms with Gasteiger partial charge in [-0.1, -0.05) is 6.92 Å². The summed E-state index contributed by atoms with van der Waals surface area (Å²) < 4.78 is 0. The highest BCUT2D eigenvalue weighted by Crippen LogP contribution is 2.18. The predicted octanol–water partition coefficient (Wildman–Crippen LogP) is 1.48. The number of aryl methyl sites for hydroxylation is 1. The highest BCUT2D eigenvalue weighted by Gasteiger charge is 2.31. The lowest BCUT2D eigenvalue weighted by molar-refractivity contribution is -0.142. The lowest BCUT2D eigenvalue weighted by atomic mass is 10.2. The van der Waals surface area contributed by atoms with Crippen molar-refractivity contribution in [3.63, 3.8) is 0 Å². The van der Waals surface area contributed by atoms with Crippen LogP contribution in [0.15, 0.2) is 12.1 Å². The number of carboxylic acid groups (broad SMARTS) is 1. The Morgan fingerprint density at radius 2 is 2.20 bits per heavy atom. The number of carbonyl (C=O) groups excluding carboxylic acids is 1. The van der Waals surface area contributed by atoms with Gasteiger partial charge in [-0.15, -0.1) is 11.3 Å². The van der Waals surface area contributed by atoms with Crippen molar-refractivity contribution in [1.82, 2.24) is 10.2 Å². The van der Waals surface area contributed by atoms with E-state index in [1.807, 2.05) is 6.07 Å². The number of likely N-dealkylation sites (tertiary alicyclic amines) is 1. The first-order chi connectivity index (χ1) is 9.60. The molecule has 0 spiro atoms. The summed E-state index contributed by atoms with van der Waals surface area (Å²) in [5.41, 5.74) is 0. The highest BCUT2D eigenvalue weighted by atomic mass is 32.1. The fourth-order valence-electron chi connectivity index (χ4n) is 2.43. The Balaban J connectivity index is 1.79. The second-order valence-corrected chi connectivity index (χ2v) is 6.22. The fraction of sp³-hybridized carbons (Fsp3) is 0.571. The van der Waals surface area contributed by atoms with Crippen LogP contribution < -0.4 is 5.32 Å². The van der Waals surface area contributed by atoms with E-state index in [0.717, 1.165) is 17.7 Å². The zero-order valence-electron chi connectivity index (χ0n) is 11.6. The normalized spacial score (nSPS) is 19.1. The van der Waals surface area contributed by atoms with Crippen molar-refractivity contribution in [1.29, 1.82) is 0 Å². The standard InChI is InChI=1S/C14H20N2O3S/c1-2-10-5-6-11(20-10)8-15-13(17)9-16-7-3-4-12(16)14(18)19/h5-6,12H,2-4,7-9H2,1H3,(H,15,17)(H,18,19)/t12-/m1/s1. The van der Waals surface area contributed by atoms with E-state index in [2.05, 4.69) is 18.3 Å². The van der Waals surface area contributed by atoms with E-state index in [-0.39, 0.29) is 12.5 Å². The van der Waals surface area contributed by atoms with Crippen molar-refractivity contribution in [3.05, 3.63) is 21.9 Å². The molecule has 1 saturated heterocycles. The first-order valence-corrected chi connectivity index (χ1v) is 7.73. The van der Waals surface area contributed by atoms with Crippen molar-refractivity contribution >= 4 is 23.2 Å². The van der Waals surface area contributed by atoms with Crippen LogP contribution in [0.5, 0.6) is 0 Å². The van der Waals surface area contributed by atoms with Crippen molar-refractivity contribution in [2.75, 3.05) is 13.1 Å². The van der Waals surface area contributed by atoms with Gasteiger partial charge in [-0.2, -0.15) is 0 Å². The molecule has 110 valence electrons. The number of hydrogen-bond donors (Lipinski definition) is 2. The molecule has 1 aromatic heterocycles. The molecule has 0 aromatic carbocycles. The average molecular weight is 296 g/mol. The number of hydrogen-bond acceptors (Lipinski definition) is 4.